The van der Waals surface area contributed by atoms with Gasteiger partial charge in [0.15, 0.2) is 15.8 Å². The van der Waals surface area contributed by atoms with Crippen LogP contribution in [0.15, 0.2) is 40.2 Å². The van der Waals surface area contributed by atoms with E-state index in [2.05, 4.69) is 10.3 Å². The smallest absolute Gasteiger partial charge is 0.310 e. The van der Waals surface area contributed by atoms with Crippen molar-refractivity contribution in [2.45, 2.75) is 51.0 Å². The molecule has 2 unspecified atom stereocenters. The molecule has 29 heavy (non-hydrogen) atoms. The lowest BCUT2D eigenvalue weighted by Gasteiger charge is -2.35. The van der Waals surface area contributed by atoms with Crippen LogP contribution in [0.2, 0.25) is 0 Å². The number of nitrogens with zero attached hydrogens (tertiary/aromatic N) is 2. The first-order chi connectivity index (χ1) is 13.9. The molecule has 0 spiro atoms. The molecule has 1 aromatic rings. The monoisotopic (exact) mass is 423 g/mol. The second-order valence-corrected chi connectivity index (χ2v) is 9.21. The lowest BCUT2D eigenvalue weighted by atomic mass is 9.98. The molecule has 1 saturated heterocycles. The van der Waals surface area contributed by atoms with Crippen molar-refractivity contribution in [2.24, 2.45) is 10.9 Å². The van der Waals surface area contributed by atoms with E-state index in [0.717, 1.165) is 19.4 Å². The summed E-state index contributed by atoms with van der Waals surface area (Å²) < 4.78 is 30.7. The van der Waals surface area contributed by atoms with Crippen LogP contribution in [0.25, 0.3) is 0 Å². The van der Waals surface area contributed by atoms with E-state index >= 15 is 0 Å². The van der Waals surface area contributed by atoms with Crippen LogP contribution in [-0.4, -0.2) is 63.3 Å². The number of sulfone groups is 1. The number of likely N-dealkylation sites (tertiary alicyclic amines) is 1. The lowest BCUT2D eigenvalue weighted by molar-refractivity contribution is -0.149. The Kier molecular flexibility index (Phi) is 8.95. The summed E-state index contributed by atoms with van der Waals surface area (Å²) in [6.07, 6.45) is 2.31. The maximum Gasteiger partial charge on any atom is 0.310 e. The second kappa shape index (κ2) is 11.2. The first kappa shape index (κ1) is 23.2. The van der Waals surface area contributed by atoms with Crippen LogP contribution in [0.1, 0.15) is 40.0 Å². The molecular weight excluding hydrogens is 390 g/mol. The van der Waals surface area contributed by atoms with Gasteiger partial charge in [-0.05, 0) is 45.2 Å². The van der Waals surface area contributed by atoms with Gasteiger partial charge in [0.2, 0.25) is 0 Å². The van der Waals surface area contributed by atoms with Crippen LogP contribution in [0, 0.1) is 5.92 Å². The largest absolute Gasteiger partial charge is 0.466 e. The summed E-state index contributed by atoms with van der Waals surface area (Å²) in [4.78, 5) is 19.1. The summed E-state index contributed by atoms with van der Waals surface area (Å²) >= 11 is 0. The van der Waals surface area contributed by atoms with Gasteiger partial charge in [-0.1, -0.05) is 25.1 Å². The van der Waals surface area contributed by atoms with E-state index < -0.39 is 9.84 Å². The van der Waals surface area contributed by atoms with Crippen molar-refractivity contribution in [1.29, 1.82) is 0 Å². The molecule has 1 N–H and O–H groups in total. The third-order valence-electron chi connectivity index (χ3n) is 5.00. The van der Waals surface area contributed by atoms with Crippen LogP contribution in [0.4, 0.5) is 0 Å². The zero-order chi connectivity index (χ0) is 21.3. The van der Waals surface area contributed by atoms with Crippen molar-refractivity contribution in [3.05, 3.63) is 30.3 Å². The van der Waals surface area contributed by atoms with Crippen molar-refractivity contribution in [3.8, 4) is 0 Å². The summed E-state index contributed by atoms with van der Waals surface area (Å²) in [5, 5.41) is 3.34. The van der Waals surface area contributed by atoms with Crippen LogP contribution in [0.5, 0.6) is 0 Å². The fourth-order valence-electron chi connectivity index (χ4n) is 3.44. The highest BCUT2D eigenvalue weighted by molar-refractivity contribution is 7.91. The molecule has 2 rings (SSSR count). The zero-order valence-corrected chi connectivity index (χ0v) is 18.5. The normalized spacial score (nSPS) is 18.9. The van der Waals surface area contributed by atoms with E-state index in [1.54, 1.807) is 30.3 Å². The van der Waals surface area contributed by atoms with Gasteiger partial charge in [0.1, 0.15) is 0 Å². The van der Waals surface area contributed by atoms with Gasteiger partial charge >= 0.3 is 5.97 Å². The maximum atomic E-state index is 12.8. The van der Waals surface area contributed by atoms with Gasteiger partial charge in [0.25, 0.3) is 0 Å². The Morgan fingerprint density at radius 1 is 1.28 bits per heavy atom. The number of esters is 1. The number of hydrogen-bond donors (Lipinski definition) is 1. The zero-order valence-electron chi connectivity index (χ0n) is 17.6. The molecule has 1 aliphatic rings. The molecule has 162 valence electrons. The number of ether oxygens (including phenoxy) is 1. The van der Waals surface area contributed by atoms with E-state index in [-0.39, 0.29) is 23.7 Å². The number of guanidine groups is 1. The molecule has 0 radical (unpaired) electrons. The summed E-state index contributed by atoms with van der Waals surface area (Å²) in [5.74, 6) is 0.301. The lowest BCUT2D eigenvalue weighted by Crippen LogP contribution is -2.52. The van der Waals surface area contributed by atoms with Gasteiger partial charge < -0.3 is 15.0 Å². The number of nitrogens with one attached hydrogen (secondary N) is 1. The highest BCUT2D eigenvalue weighted by Gasteiger charge is 2.30. The molecule has 1 heterocycles. The minimum absolute atomic E-state index is 0.00854. The van der Waals surface area contributed by atoms with Crippen molar-refractivity contribution in [2.75, 3.05) is 32.0 Å². The number of carbonyl (C=O) groups excluding carboxylic acids is 1. The average Bonchev–Trinajstić information content (AvgIpc) is 2.73. The first-order valence-corrected chi connectivity index (χ1v) is 12.1. The molecule has 7 nitrogen and oxygen atoms in total. The van der Waals surface area contributed by atoms with E-state index in [9.17, 15) is 13.2 Å². The summed E-state index contributed by atoms with van der Waals surface area (Å²) in [7, 11) is -3.40. The van der Waals surface area contributed by atoms with Crippen molar-refractivity contribution >= 4 is 21.8 Å². The number of carbonyl (C=O) groups is 1. The Morgan fingerprint density at radius 2 is 2.00 bits per heavy atom. The molecule has 0 aliphatic carbocycles. The third kappa shape index (κ3) is 6.73. The van der Waals surface area contributed by atoms with Gasteiger partial charge in [-0.15, -0.1) is 0 Å². The third-order valence-corrected chi connectivity index (χ3v) is 6.83. The molecule has 0 amide bonds. The van der Waals surface area contributed by atoms with E-state index in [1.165, 1.54) is 0 Å². The molecule has 1 aliphatic heterocycles. The van der Waals surface area contributed by atoms with Crippen molar-refractivity contribution in [1.82, 2.24) is 10.2 Å². The Hall–Kier alpha value is -2.09. The number of piperidine rings is 1. The van der Waals surface area contributed by atoms with Crippen molar-refractivity contribution < 1.29 is 17.9 Å². The average molecular weight is 424 g/mol. The van der Waals surface area contributed by atoms with E-state index in [0.29, 0.717) is 37.0 Å². The van der Waals surface area contributed by atoms with E-state index in [4.69, 9.17) is 4.74 Å². The quantitative estimate of drug-likeness (QED) is 0.393. The van der Waals surface area contributed by atoms with Crippen LogP contribution in [-0.2, 0) is 19.4 Å². The van der Waals surface area contributed by atoms with Crippen LogP contribution < -0.4 is 5.32 Å². The standard InChI is InChI=1S/C21H33N3O4S/c1-4-18(16-29(26,27)19-12-8-7-9-13-19)23-21(22-5-2)24-14-10-11-17(15-24)20(25)28-6-3/h7-9,12-13,17-18H,4-6,10-11,14-16H2,1-3H3,(H,22,23). The molecule has 2 atom stereocenters. The van der Waals surface area contributed by atoms with Crippen molar-refractivity contribution in [3.63, 3.8) is 0 Å². The molecule has 1 aromatic carbocycles. The molecule has 0 aromatic heterocycles. The highest BCUT2D eigenvalue weighted by Crippen LogP contribution is 2.19. The molecule has 0 saturated carbocycles. The van der Waals surface area contributed by atoms with Gasteiger partial charge in [-0.2, -0.15) is 0 Å². The van der Waals surface area contributed by atoms with Gasteiger partial charge in [-0.25, -0.2) is 8.42 Å². The van der Waals surface area contributed by atoms with Crippen LogP contribution >= 0.6 is 0 Å². The summed E-state index contributed by atoms with van der Waals surface area (Å²) in [6.45, 7) is 7.97. The SMILES string of the molecule is CCN=C(NC(CC)CS(=O)(=O)c1ccccc1)N1CCCC(C(=O)OCC)C1. The predicted octanol–water partition coefficient (Wildman–Crippen LogP) is 2.48. The van der Waals surface area contributed by atoms with Gasteiger partial charge in [-0.3, -0.25) is 9.79 Å². The fraction of sp³-hybridized carbons (Fsp3) is 0.619. The molecule has 1 fully saturated rings. The molecular formula is C21H33N3O4S. The second-order valence-electron chi connectivity index (χ2n) is 7.18. The highest BCUT2D eigenvalue weighted by atomic mass is 32.2. The maximum absolute atomic E-state index is 12.8. The Morgan fingerprint density at radius 3 is 2.62 bits per heavy atom. The number of benzene rings is 1. The number of rotatable bonds is 8. The number of aliphatic imine (C=N–C) groups is 1. The topological polar surface area (TPSA) is 88.1 Å². The van der Waals surface area contributed by atoms with Gasteiger partial charge in [0.05, 0.1) is 23.2 Å². The predicted molar refractivity (Wildman–Crippen MR) is 115 cm³/mol. The fourth-order valence-corrected chi connectivity index (χ4v) is 5.05. The van der Waals surface area contributed by atoms with Gasteiger partial charge in [0, 0.05) is 25.7 Å². The minimum Gasteiger partial charge on any atom is -0.466 e. The Balaban J connectivity index is 2.10. The molecule has 0 bridgehead atoms. The number of hydrogen-bond acceptors (Lipinski definition) is 5. The summed E-state index contributed by atoms with van der Waals surface area (Å²) in [5.41, 5.74) is 0. The Bertz CT molecular complexity index is 780. The molecule has 8 heteroatoms. The van der Waals surface area contributed by atoms with E-state index in [1.807, 2.05) is 25.7 Å². The Labute approximate surface area is 174 Å². The minimum atomic E-state index is -3.40. The first-order valence-electron chi connectivity index (χ1n) is 10.4. The van der Waals surface area contributed by atoms with Crippen LogP contribution in [0.3, 0.4) is 0 Å². The summed E-state index contributed by atoms with van der Waals surface area (Å²) in [6, 6.07) is 8.24.